The maximum absolute atomic E-state index is 9.63. The first kappa shape index (κ1) is 11.4. The minimum absolute atomic E-state index is 0.261. The minimum Gasteiger partial charge on any atom is -0.493 e. The number of fused-ring (bicyclic) bond motifs is 1. The summed E-state index contributed by atoms with van der Waals surface area (Å²) in [6.45, 7) is 3.68. The SMILES string of the molecule is Cc1cnc(C)c(-c2cc3cc(O)nc(O)n3n2)n1. The van der Waals surface area contributed by atoms with Gasteiger partial charge in [0.2, 0.25) is 5.88 Å². The standard InChI is InChI=1S/C12H11N5O2/c1-6-5-13-7(2)11(14-6)9-3-8-4-10(18)15-12(19)17(8)16-9/h3-5,18H,1-2H3,(H,15,19). The molecule has 0 atom stereocenters. The second kappa shape index (κ2) is 3.91. The van der Waals surface area contributed by atoms with E-state index < -0.39 is 0 Å². The molecule has 2 N–H and O–H groups in total. The first-order valence-electron chi connectivity index (χ1n) is 5.64. The van der Waals surface area contributed by atoms with Gasteiger partial charge in [-0.15, -0.1) is 0 Å². The van der Waals surface area contributed by atoms with Crippen molar-refractivity contribution in [3.8, 4) is 23.3 Å². The Bertz CT molecular complexity index is 781. The normalized spacial score (nSPS) is 11.1. The molecule has 96 valence electrons. The van der Waals surface area contributed by atoms with Gasteiger partial charge in [-0.05, 0) is 19.9 Å². The fourth-order valence-electron chi connectivity index (χ4n) is 1.87. The molecular weight excluding hydrogens is 246 g/mol. The van der Waals surface area contributed by atoms with E-state index in [1.165, 1.54) is 10.6 Å². The molecule has 0 radical (unpaired) electrons. The van der Waals surface area contributed by atoms with Gasteiger partial charge in [0.05, 0.1) is 16.9 Å². The molecule has 0 aromatic carbocycles. The van der Waals surface area contributed by atoms with Crippen LogP contribution < -0.4 is 0 Å². The van der Waals surface area contributed by atoms with Crippen LogP contribution in [-0.2, 0) is 0 Å². The van der Waals surface area contributed by atoms with Gasteiger partial charge in [0.1, 0.15) is 11.4 Å². The summed E-state index contributed by atoms with van der Waals surface area (Å²) < 4.78 is 1.23. The number of hydrogen-bond donors (Lipinski definition) is 2. The molecule has 19 heavy (non-hydrogen) atoms. The van der Waals surface area contributed by atoms with Crippen LogP contribution in [-0.4, -0.2) is 34.8 Å². The second-order valence-electron chi connectivity index (χ2n) is 4.23. The molecule has 3 aromatic rings. The summed E-state index contributed by atoms with van der Waals surface area (Å²) in [4.78, 5) is 12.1. The molecule has 3 heterocycles. The summed E-state index contributed by atoms with van der Waals surface area (Å²) >= 11 is 0. The summed E-state index contributed by atoms with van der Waals surface area (Å²) in [5.41, 5.74) is 3.26. The molecule has 0 saturated heterocycles. The van der Waals surface area contributed by atoms with Gasteiger partial charge in [0.15, 0.2) is 0 Å². The average molecular weight is 257 g/mol. The van der Waals surface area contributed by atoms with Crippen molar-refractivity contribution < 1.29 is 10.2 Å². The van der Waals surface area contributed by atoms with Crippen molar-refractivity contribution >= 4 is 5.52 Å². The van der Waals surface area contributed by atoms with E-state index in [1.54, 1.807) is 12.3 Å². The number of hydrogen-bond acceptors (Lipinski definition) is 6. The van der Waals surface area contributed by atoms with Crippen molar-refractivity contribution in [2.45, 2.75) is 13.8 Å². The van der Waals surface area contributed by atoms with Crippen LogP contribution in [0.25, 0.3) is 16.9 Å². The first-order valence-corrected chi connectivity index (χ1v) is 5.64. The Hall–Kier alpha value is -2.70. The Labute approximate surface area is 108 Å². The molecule has 0 saturated carbocycles. The van der Waals surface area contributed by atoms with Gasteiger partial charge in [-0.3, -0.25) is 4.98 Å². The van der Waals surface area contributed by atoms with E-state index in [4.69, 9.17) is 0 Å². The van der Waals surface area contributed by atoms with Gasteiger partial charge in [0, 0.05) is 12.3 Å². The van der Waals surface area contributed by atoms with Crippen LogP contribution in [0.5, 0.6) is 11.9 Å². The highest BCUT2D eigenvalue weighted by atomic mass is 16.3. The van der Waals surface area contributed by atoms with Crippen LogP contribution in [0.1, 0.15) is 11.4 Å². The zero-order valence-corrected chi connectivity index (χ0v) is 10.4. The van der Waals surface area contributed by atoms with Gasteiger partial charge in [-0.2, -0.15) is 14.6 Å². The predicted octanol–water partition coefficient (Wildman–Crippen LogP) is 1.21. The van der Waals surface area contributed by atoms with Crippen molar-refractivity contribution in [1.82, 2.24) is 24.6 Å². The van der Waals surface area contributed by atoms with Crippen LogP contribution in [0.2, 0.25) is 0 Å². The maximum atomic E-state index is 9.63. The zero-order chi connectivity index (χ0) is 13.6. The highest BCUT2D eigenvalue weighted by molar-refractivity contribution is 5.65. The molecule has 7 nitrogen and oxygen atoms in total. The Kier molecular flexibility index (Phi) is 2.34. The molecular formula is C12H11N5O2. The van der Waals surface area contributed by atoms with Crippen LogP contribution in [0.3, 0.4) is 0 Å². The quantitative estimate of drug-likeness (QED) is 0.680. The van der Waals surface area contributed by atoms with Gasteiger partial charge in [-0.1, -0.05) is 0 Å². The third kappa shape index (κ3) is 1.85. The molecule has 0 aliphatic carbocycles. The Morgan fingerprint density at radius 1 is 1.11 bits per heavy atom. The lowest BCUT2D eigenvalue weighted by Crippen LogP contribution is -1.96. The summed E-state index contributed by atoms with van der Waals surface area (Å²) in [5.74, 6) is -0.261. The number of aromatic hydroxyl groups is 2. The fourth-order valence-corrected chi connectivity index (χ4v) is 1.87. The average Bonchev–Trinajstić information content (AvgIpc) is 2.76. The van der Waals surface area contributed by atoms with Crippen LogP contribution in [0.15, 0.2) is 18.3 Å². The van der Waals surface area contributed by atoms with Crippen molar-refractivity contribution in [1.29, 1.82) is 0 Å². The molecule has 0 amide bonds. The van der Waals surface area contributed by atoms with Crippen molar-refractivity contribution in [3.05, 3.63) is 29.7 Å². The Morgan fingerprint density at radius 3 is 2.68 bits per heavy atom. The Morgan fingerprint density at radius 2 is 1.89 bits per heavy atom. The number of rotatable bonds is 1. The highest BCUT2D eigenvalue weighted by Crippen LogP contribution is 2.24. The van der Waals surface area contributed by atoms with Crippen molar-refractivity contribution in [3.63, 3.8) is 0 Å². The summed E-state index contributed by atoms with van der Waals surface area (Å²) in [5, 5.41) is 23.2. The lowest BCUT2D eigenvalue weighted by atomic mass is 10.2. The molecule has 7 heteroatoms. The van der Waals surface area contributed by atoms with Crippen molar-refractivity contribution in [2.75, 3.05) is 0 Å². The third-order valence-corrected chi connectivity index (χ3v) is 2.74. The van der Waals surface area contributed by atoms with Crippen LogP contribution in [0.4, 0.5) is 0 Å². The van der Waals surface area contributed by atoms with Crippen molar-refractivity contribution in [2.24, 2.45) is 0 Å². The molecule has 0 spiro atoms. The molecule has 3 aromatic heterocycles. The summed E-state index contributed by atoms with van der Waals surface area (Å²) in [6.07, 6.45) is 1.68. The number of nitrogens with zero attached hydrogens (tertiary/aromatic N) is 5. The number of aromatic nitrogens is 5. The molecule has 0 fully saturated rings. The van der Waals surface area contributed by atoms with E-state index in [-0.39, 0.29) is 11.9 Å². The second-order valence-corrected chi connectivity index (χ2v) is 4.23. The monoisotopic (exact) mass is 257 g/mol. The van der Waals surface area contributed by atoms with E-state index in [9.17, 15) is 10.2 Å². The highest BCUT2D eigenvalue weighted by Gasteiger charge is 2.13. The first-order chi connectivity index (χ1) is 9.04. The topological polar surface area (TPSA) is 96.4 Å². The van der Waals surface area contributed by atoms with Gasteiger partial charge >= 0.3 is 6.01 Å². The largest absolute Gasteiger partial charge is 0.493 e. The molecule has 0 aliphatic rings. The lowest BCUT2D eigenvalue weighted by Gasteiger charge is -2.01. The van der Waals surface area contributed by atoms with E-state index in [2.05, 4.69) is 20.1 Å². The minimum atomic E-state index is -0.375. The smallest absolute Gasteiger partial charge is 0.318 e. The van der Waals surface area contributed by atoms with E-state index in [0.29, 0.717) is 16.9 Å². The van der Waals surface area contributed by atoms with E-state index in [0.717, 1.165) is 11.4 Å². The maximum Gasteiger partial charge on any atom is 0.318 e. The molecule has 0 bridgehead atoms. The predicted molar refractivity (Wildman–Crippen MR) is 66.8 cm³/mol. The van der Waals surface area contributed by atoms with E-state index >= 15 is 0 Å². The molecule has 0 aliphatic heterocycles. The van der Waals surface area contributed by atoms with Crippen LogP contribution in [0, 0.1) is 13.8 Å². The zero-order valence-electron chi connectivity index (χ0n) is 10.4. The third-order valence-electron chi connectivity index (χ3n) is 2.74. The lowest BCUT2D eigenvalue weighted by molar-refractivity contribution is 0.386. The summed E-state index contributed by atoms with van der Waals surface area (Å²) in [7, 11) is 0. The number of aryl methyl sites for hydroxylation is 2. The fraction of sp³-hybridized carbons (Fsp3) is 0.167. The summed E-state index contributed by atoms with van der Waals surface area (Å²) in [6, 6.07) is 2.74. The van der Waals surface area contributed by atoms with E-state index in [1.807, 2.05) is 13.8 Å². The molecule has 0 unspecified atom stereocenters. The van der Waals surface area contributed by atoms with Gasteiger partial charge in [0.25, 0.3) is 0 Å². The molecule has 3 rings (SSSR count). The Balaban J connectivity index is 2.26. The van der Waals surface area contributed by atoms with Gasteiger partial charge < -0.3 is 10.2 Å². The van der Waals surface area contributed by atoms with Gasteiger partial charge in [-0.25, -0.2) is 4.98 Å². The van der Waals surface area contributed by atoms with Crippen LogP contribution >= 0.6 is 0 Å².